The number of nitrogens with zero attached hydrogens (tertiary/aromatic N) is 1. The molecule has 0 fully saturated rings. The Morgan fingerprint density at radius 1 is 1.64 bits per heavy atom. The molecule has 2 N–H and O–H groups in total. The summed E-state index contributed by atoms with van der Waals surface area (Å²) in [7, 11) is 0. The minimum Gasteiger partial charge on any atom is -0.362 e. The zero-order chi connectivity index (χ0) is 9.65. The monoisotopic (exact) mass is 229 g/mol. The molecule has 0 saturated heterocycles. The van der Waals surface area contributed by atoms with Crippen LogP contribution in [0.5, 0.6) is 0 Å². The van der Waals surface area contributed by atoms with Gasteiger partial charge in [0.2, 0.25) is 6.29 Å². The van der Waals surface area contributed by atoms with E-state index in [0.717, 1.165) is 6.92 Å². The molecular formula is C4H8BrNO5. The Kier molecular flexibility index (Phi) is 6.14. The van der Waals surface area contributed by atoms with Crippen LogP contribution in [0.3, 0.4) is 0 Å². The van der Waals surface area contributed by atoms with Crippen LogP contribution in [0, 0.1) is 10.1 Å². The molecule has 1 unspecified atom stereocenters. The lowest BCUT2D eigenvalue weighted by Gasteiger charge is -2.14. The Morgan fingerprint density at radius 2 is 1.91 bits per heavy atom. The normalized spacial score (nSPS) is 14.6. The first-order valence-electron chi connectivity index (χ1n) is 2.37. The largest absolute Gasteiger partial charge is 0.362 e. The Morgan fingerprint density at radius 3 is 1.91 bits per heavy atom. The van der Waals surface area contributed by atoms with Gasteiger partial charge in [-0.1, -0.05) is 0 Å². The summed E-state index contributed by atoms with van der Waals surface area (Å²) < 4.78 is -1.85. The maximum absolute atomic E-state index is 9.90. The standard InChI is InChI=1S/C3H6BrNO4.CH2O/c1-3(4,2(6)7)5(8)9;1-2/h2,6-7H,1H3;1H2. The van der Waals surface area contributed by atoms with Crippen molar-refractivity contribution in [3.8, 4) is 0 Å². The number of aliphatic hydroxyl groups is 2. The highest BCUT2D eigenvalue weighted by Gasteiger charge is 2.41. The molecule has 0 aromatic carbocycles. The molecule has 0 amide bonds. The fraction of sp³-hybridized carbons (Fsp3) is 0.750. The second-order valence-corrected chi connectivity index (χ2v) is 3.26. The van der Waals surface area contributed by atoms with Crippen LogP contribution in [0.1, 0.15) is 6.92 Å². The van der Waals surface area contributed by atoms with Crippen molar-refractivity contribution in [1.82, 2.24) is 0 Å². The second-order valence-electron chi connectivity index (χ2n) is 1.65. The summed E-state index contributed by atoms with van der Waals surface area (Å²) in [6, 6.07) is 0. The molecule has 0 saturated carbocycles. The lowest BCUT2D eigenvalue weighted by molar-refractivity contribution is -0.555. The van der Waals surface area contributed by atoms with E-state index in [4.69, 9.17) is 15.0 Å². The van der Waals surface area contributed by atoms with Gasteiger partial charge in [0.25, 0.3) is 0 Å². The fourth-order valence-corrected chi connectivity index (χ4v) is 0.0943. The van der Waals surface area contributed by atoms with Crippen molar-refractivity contribution in [1.29, 1.82) is 0 Å². The van der Waals surface area contributed by atoms with E-state index < -0.39 is 15.7 Å². The molecule has 66 valence electrons. The molecule has 0 aliphatic rings. The van der Waals surface area contributed by atoms with Crippen LogP contribution in [0.2, 0.25) is 0 Å². The number of hydrogen-bond donors (Lipinski definition) is 2. The molecule has 0 aliphatic heterocycles. The van der Waals surface area contributed by atoms with E-state index >= 15 is 0 Å². The molecule has 0 rings (SSSR count). The number of nitro groups is 1. The minimum absolute atomic E-state index is 0.822. The van der Waals surface area contributed by atoms with Crippen LogP contribution in [0.4, 0.5) is 0 Å². The predicted octanol–water partition coefficient (Wildman–Crippen LogP) is -0.500. The number of halogens is 1. The smallest absolute Gasteiger partial charge is 0.321 e. The summed E-state index contributed by atoms with van der Waals surface area (Å²) in [5.41, 5.74) is 0. The molecule has 0 radical (unpaired) electrons. The van der Waals surface area contributed by atoms with Gasteiger partial charge in [0, 0.05) is 27.8 Å². The van der Waals surface area contributed by atoms with Crippen LogP contribution < -0.4 is 0 Å². The third-order valence-electron chi connectivity index (χ3n) is 0.828. The number of carbonyl (C=O) groups excluding carboxylic acids is 1. The molecule has 0 bridgehead atoms. The second kappa shape index (κ2) is 5.16. The van der Waals surface area contributed by atoms with Gasteiger partial charge < -0.3 is 15.0 Å². The molecular weight excluding hydrogens is 222 g/mol. The summed E-state index contributed by atoms with van der Waals surface area (Å²) in [5.74, 6) is 0. The van der Waals surface area contributed by atoms with E-state index in [1.165, 1.54) is 0 Å². The summed E-state index contributed by atoms with van der Waals surface area (Å²) in [6.45, 7) is 3.05. The highest BCUT2D eigenvalue weighted by Crippen LogP contribution is 2.20. The van der Waals surface area contributed by atoms with Gasteiger partial charge in [0.1, 0.15) is 6.79 Å². The molecule has 7 heteroatoms. The molecule has 6 nitrogen and oxygen atoms in total. The fourth-order valence-electron chi connectivity index (χ4n) is 0.0943. The van der Waals surface area contributed by atoms with Gasteiger partial charge in [0.05, 0.1) is 0 Å². The van der Waals surface area contributed by atoms with E-state index in [1.54, 1.807) is 0 Å². The number of rotatable bonds is 2. The average molecular weight is 230 g/mol. The van der Waals surface area contributed by atoms with E-state index in [1.807, 2.05) is 6.79 Å². The summed E-state index contributed by atoms with van der Waals surface area (Å²) >= 11 is 2.51. The van der Waals surface area contributed by atoms with Crippen molar-refractivity contribution < 1.29 is 19.9 Å². The highest BCUT2D eigenvalue weighted by molar-refractivity contribution is 9.10. The van der Waals surface area contributed by atoms with Crippen molar-refractivity contribution >= 4 is 22.7 Å². The summed E-state index contributed by atoms with van der Waals surface area (Å²) in [5, 5.41) is 26.5. The third-order valence-corrected chi connectivity index (χ3v) is 1.53. The van der Waals surface area contributed by atoms with Crippen molar-refractivity contribution in [2.75, 3.05) is 0 Å². The van der Waals surface area contributed by atoms with Gasteiger partial charge in [-0.15, -0.1) is 0 Å². The zero-order valence-corrected chi connectivity index (χ0v) is 7.31. The Bertz CT molecular complexity index is 136. The molecule has 11 heavy (non-hydrogen) atoms. The first-order chi connectivity index (χ1) is 4.89. The molecule has 0 aromatic rings. The topological polar surface area (TPSA) is 101 Å². The SMILES string of the molecule is C=O.CC(Br)(C(O)O)[N+](=O)[O-]. The highest BCUT2D eigenvalue weighted by atomic mass is 79.9. The quantitative estimate of drug-likeness (QED) is 0.219. The van der Waals surface area contributed by atoms with Crippen LogP contribution in [-0.4, -0.2) is 32.7 Å². The van der Waals surface area contributed by atoms with Gasteiger partial charge in [0.15, 0.2) is 0 Å². The number of aliphatic hydroxyl groups excluding tert-OH is 1. The van der Waals surface area contributed by atoms with Crippen molar-refractivity contribution in [2.45, 2.75) is 17.7 Å². The van der Waals surface area contributed by atoms with Crippen LogP contribution in [-0.2, 0) is 4.79 Å². The first-order valence-corrected chi connectivity index (χ1v) is 3.16. The van der Waals surface area contributed by atoms with Crippen LogP contribution in [0.15, 0.2) is 0 Å². The Balaban J connectivity index is 0. The first kappa shape index (κ1) is 13.1. The minimum atomic E-state index is -1.99. The van der Waals surface area contributed by atoms with Gasteiger partial charge >= 0.3 is 4.45 Å². The van der Waals surface area contributed by atoms with Crippen LogP contribution in [0.25, 0.3) is 0 Å². The van der Waals surface area contributed by atoms with E-state index in [2.05, 4.69) is 15.9 Å². The lowest BCUT2D eigenvalue weighted by atomic mass is 10.3. The number of hydrogen-bond acceptors (Lipinski definition) is 5. The van der Waals surface area contributed by atoms with Crippen molar-refractivity contribution in [3.63, 3.8) is 0 Å². The van der Waals surface area contributed by atoms with E-state index in [9.17, 15) is 10.1 Å². The van der Waals surface area contributed by atoms with E-state index in [0.29, 0.717) is 0 Å². The van der Waals surface area contributed by atoms with Crippen molar-refractivity contribution in [3.05, 3.63) is 10.1 Å². The Labute approximate surface area is 71.1 Å². The number of carbonyl (C=O) groups is 1. The molecule has 1 atom stereocenters. The van der Waals surface area contributed by atoms with Gasteiger partial charge in [-0.25, -0.2) is 0 Å². The molecule has 0 heterocycles. The zero-order valence-electron chi connectivity index (χ0n) is 5.73. The third kappa shape index (κ3) is 4.02. The van der Waals surface area contributed by atoms with Gasteiger partial charge in [-0.05, 0) is 0 Å². The number of alkyl halides is 1. The maximum Gasteiger partial charge on any atom is 0.321 e. The van der Waals surface area contributed by atoms with Crippen LogP contribution >= 0.6 is 15.9 Å². The molecule has 0 aromatic heterocycles. The van der Waals surface area contributed by atoms with Crippen molar-refractivity contribution in [2.24, 2.45) is 0 Å². The summed E-state index contributed by atoms with van der Waals surface area (Å²) in [6.07, 6.45) is -1.99. The molecule has 0 spiro atoms. The van der Waals surface area contributed by atoms with E-state index in [-0.39, 0.29) is 0 Å². The maximum atomic E-state index is 9.90. The molecule has 0 aliphatic carbocycles. The Hall–Kier alpha value is -0.530. The summed E-state index contributed by atoms with van der Waals surface area (Å²) in [4.78, 5) is 17.1. The average Bonchev–Trinajstić information content (AvgIpc) is 1.91. The predicted molar refractivity (Wildman–Crippen MR) is 39.7 cm³/mol. The van der Waals surface area contributed by atoms with Gasteiger partial charge in [-0.2, -0.15) is 0 Å². The van der Waals surface area contributed by atoms with Gasteiger partial charge in [-0.3, -0.25) is 10.1 Å². The lowest BCUT2D eigenvalue weighted by Crippen LogP contribution is -2.40.